The Bertz CT molecular complexity index is 695. The van der Waals surface area contributed by atoms with Crippen molar-refractivity contribution in [2.45, 2.75) is 58.3 Å². The molecule has 0 saturated carbocycles. The van der Waals surface area contributed by atoms with Crippen molar-refractivity contribution in [3.63, 3.8) is 0 Å². The van der Waals surface area contributed by atoms with Gasteiger partial charge >= 0.3 is 6.09 Å². The number of fused-ring (bicyclic) bond motifs is 1. The summed E-state index contributed by atoms with van der Waals surface area (Å²) in [5, 5.41) is 0. The molecule has 1 aromatic carbocycles. The number of halogens is 1. The van der Waals surface area contributed by atoms with Gasteiger partial charge in [0.15, 0.2) is 0 Å². The van der Waals surface area contributed by atoms with Gasteiger partial charge in [-0.15, -0.1) is 0 Å². The van der Waals surface area contributed by atoms with Crippen molar-refractivity contribution in [3.05, 3.63) is 47.8 Å². The van der Waals surface area contributed by atoms with Gasteiger partial charge in [0.2, 0.25) is 0 Å². The van der Waals surface area contributed by atoms with Crippen LogP contribution in [0, 0.1) is 17.7 Å². The van der Waals surface area contributed by atoms with Gasteiger partial charge in [0.05, 0.1) is 12.2 Å². The molecule has 2 aliphatic rings. The van der Waals surface area contributed by atoms with Crippen LogP contribution in [0.15, 0.2) is 36.4 Å². The summed E-state index contributed by atoms with van der Waals surface area (Å²) in [6.07, 6.45) is 1.41. The molecule has 3 rings (SSSR count). The molecule has 4 nitrogen and oxygen atoms in total. The zero-order valence-electron chi connectivity index (χ0n) is 16.7. The van der Waals surface area contributed by atoms with Gasteiger partial charge in [0, 0.05) is 24.9 Å². The van der Waals surface area contributed by atoms with Crippen molar-refractivity contribution in [3.8, 4) is 0 Å². The smallest absolute Gasteiger partial charge is 0.410 e. The Hall–Kier alpha value is -1.88. The van der Waals surface area contributed by atoms with E-state index in [1.807, 2.05) is 27.7 Å². The molecular weight excluding hydrogens is 345 g/mol. The van der Waals surface area contributed by atoms with E-state index in [0.717, 1.165) is 24.0 Å². The van der Waals surface area contributed by atoms with Crippen molar-refractivity contribution in [2.24, 2.45) is 11.8 Å². The number of nitrogens with zero attached hydrogens (tertiary/aromatic N) is 1. The maximum atomic E-state index is 13.3. The monoisotopic (exact) mass is 375 g/mol. The van der Waals surface area contributed by atoms with Gasteiger partial charge in [-0.05, 0) is 58.2 Å². The quantitative estimate of drug-likeness (QED) is 0.675. The summed E-state index contributed by atoms with van der Waals surface area (Å²) in [4.78, 5) is 14.2. The second-order valence-corrected chi connectivity index (χ2v) is 8.81. The number of ether oxygens (including phenoxy) is 2. The lowest BCUT2D eigenvalue weighted by Gasteiger charge is -2.47. The first kappa shape index (κ1) is 19.9. The molecule has 148 valence electrons. The molecule has 0 aliphatic carbocycles. The topological polar surface area (TPSA) is 38.8 Å². The lowest BCUT2D eigenvalue weighted by atomic mass is 9.76. The number of likely N-dealkylation sites (tertiary alicyclic amines) is 1. The number of rotatable bonds is 2. The Labute approximate surface area is 161 Å². The standard InChI is InChI=1S/C22H30FNO3/c1-14(2)18-12-16-13-24(21(25)27-22(3,4)5)11-10-19(16)26-20(18)15-6-8-17(23)9-7-15/h6-9,16,18-20H,1,10-13H2,2-5H3/t16-,18-,19+,20-/m1/s1. The number of carbonyl (C=O) groups excluding carboxylic acids is 1. The first-order chi connectivity index (χ1) is 12.6. The number of amides is 1. The molecule has 0 unspecified atom stereocenters. The van der Waals surface area contributed by atoms with E-state index in [0.29, 0.717) is 13.1 Å². The fourth-order valence-corrected chi connectivity index (χ4v) is 4.06. The molecule has 2 saturated heterocycles. The fourth-order valence-electron chi connectivity index (χ4n) is 4.06. The van der Waals surface area contributed by atoms with Crippen LogP contribution in [-0.4, -0.2) is 35.8 Å². The van der Waals surface area contributed by atoms with Crippen molar-refractivity contribution in [1.82, 2.24) is 4.90 Å². The van der Waals surface area contributed by atoms with Crippen LogP contribution < -0.4 is 0 Å². The highest BCUT2D eigenvalue weighted by Gasteiger charge is 2.43. The summed E-state index contributed by atoms with van der Waals surface area (Å²) >= 11 is 0. The number of hydrogen-bond donors (Lipinski definition) is 0. The third-order valence-electron chi connectivity index (χ3n) is 5.39. The number of hydrogen-bond acceptors (Lipinski definition) is 3. The third-order valence-corrected chi connectivity index (χ3v) is 5.39. The molecule has 0 spiro atoms. The van der Waals surface area contributed by atoms with Gasteiger partial charge < -0.3 is 14.4 Å². The highest BCUT2D eigenvalue weighted by atomic mass is 19.1. The molecule has 2 heterocycles. The average molecular weight is 375 g/mol. The van der Waals surface area contributed by atoms with E-state index in [1.54, 1.807) is 17.0 Å². The van der Waals surface area contributed by atoms with E-state index in [-0.39, 0.29) is 36.0 Å². The van der Waals surface area contributed by atoms with Gasteiger partial charge in [-0.2, -0.15) is 0 Å². The van der Waals surface area contributed by atoms with E-state index in [1.165, 1.54) is 12.1 Å². The zero-order valence-corrected chi connectivity index (χ0v) is 16.7. The molecule has 2 fully saturated rings. The Morgan fingerprint density at radius 2 is 1.96 bits per heavy atom. The first-order valence-corrected chi connectivity index (χ1v) is 9.68. The largest absolute Gasteiger partial charge is 0.444 e. The Kier molecular flexibility index (Phi) is 5.61. The van der Waals surface area contributed by atoms with Crippen molar-refractivity contribution < 1.29 is 18.7 Å². The van der Waals surface area contributed by atoms with Crippen LogP contribution in [0.25, 0.3) is 0 Å². The predicted octanol–water partition coefficient (Wildman–Crippen LogP) is 5.11. The normalized spacial score (nSPS) is 28.4. The van der Waals surface area contributed by atoms with E-state index in [4.69, 9.17) is 9.47 Å². The van der Waals surface area contributed by atoms with Crippen LogP contribution in [0.4, 0.5) is 9.18 Å². The van der Waals surface area contributed by atoms with Crippen LogP contribution in [0.3, 0.4) is 0 Å². The maximum absolute atomic E-state index is 13.3. The molecule has 1 amide bonds. The fraction of sp³-hybridized carbons (Fsp3) is 0.591. The number of benzene rings is 1. The zero-order chi connectivity index (χ0) is 19.8. The lowest BCUT2D eigenvalue weighted by Crippen LogP contribution is -2.51. The minimum atomic E-state index is -0.495. The van der Waals surface area contributed by atoms with Gasteiger partial charge in [-0.1, -0.05) is 24.3 Å². The maximum Gasteiger partial charge on any atom is 0.410 e. The SMILES string of the molecule is C=C(C)[C@H]1C[C@@H]2CN(C(=O)OC(C)(C)C)CC[C@@H]2O[C@@H]1c1ccc(F)cc1. The van der Waals surface area contributed by atoms with E-state index < -0.39 is 5.60 Å². The molecule has 2 aliphatic heterocycles. The Morgan fingerprint density at radius 3 is 2.56 bits per heavy atom. The molecule has 0 bridgehead atoms. The van der Waals surface area contributed by atoms with Gasteiger partial charge in [0.1, 0.15) is 11.4 Å². The van der Waals surface area contributed by atoms with Crippen molar-refractivity contribution >= 4 is 6.09 Å². The minimum absolute atomic E-state index is 0.0920. The van der Waals surface area contributed by atoms with E-state index >= 15 is 0 Å². The number of carbonyl (C=O) groups is 1. The Morgan fingerprint density at radius 1 is 1.30 bits per heavy atom. The van der Waals surface area contributed by atoms with Crippen LogP contribution in [0.1, 0.15) is 52.2 Å². The first-order valence-electron chi connectivity index (χ1n) is 9.68. The van der Waals surface area contributed by atoms with Gasteiger partial charge in [-0.25, -0.2) is 9.18 Å². The second kappa shape index (κ2) is 7.63. The molecule has 0 aromatic heterocycles. The predicted molar refractivity (Wildman–Crippen MR) is 103 cm³/mol. The van der Waals surface area contributed by atoms with Crippen LogP contribution in [-0.2, 0) is 9.47 Å². The van der Waals surface area contributed by atoms with Crippen LogP contribution >= 0.6 is 0 Å². The van der Waals surface area contributed by atoms with E-state index in [9.17, 15) is 9.18 Å². The molecule has 5 heteroatoms. The number of piperidine rings is 1. The van der Waals surface area contributed by atoms with Crippen molar-refractivity contribution in [1.29, 1.82) is 0 Å². The molecule has 0 radical (unpaired) electrons. The van der Waals surface area contributed by atoms with Gasteiger partial charge in [0.25, 0.3) is 0 Å². The van der Waals surface area contributed by atoms with Crippen LogP contribution in [0.5, 0.6) is 0 Å². The molecule has 27 heavy (non-hydrogen) atoms. The summed E-state index contributed by atoms with van der Waals surface area (Å²) in [6, 6.07) is 6.55. The van der Waals surface area contributed by atoms with Crippen molar-refractivity contribution in [2.75, 3.05) is 13.1 Å². The molecular formula is C22H30FNO3. The highest BCUT2D eigenvalue weighted by molar-refractivity contribution is 5.68. The lowest BCUT2D eigenvalue weighted by molar-refractivity contribution is -0.133. The minimum Gasteiger partial charge on any atom is -0.444 e. The summed E-state index contributed by atoms with van der Waals surface area (Å²) in [6.45, 7) is 13.1. The Balaban J connectivity index is 1.73. The molecule has 0 N–H and O–H groups in total. The summed E-state index contributed by atoms with van der Waals surface area (Å²) in [7, 11) is 0. The third kappa shape index (κ3) is 4.70. The molecule has 4 atom stereocenters. The summed E-state index contributed by atoms with van der Waals surface area (Å²) in [5.74, 6) is 0.157. The average Bonchev–Trinajstić information content (AvgIpc) is 2.59. The van der Waals surface area contributed by atoms with Crippen LogP contribution in [0.2, 0.25) is 0 Å². The highest BCUT2D eigenvalue weighted by Crippen LogP contribution is 2.44. The summed E-state index contributed by atoms with van der Waals surface area (Å²) < 4.78 is 25.3. The summed E-state index contributed by atoms with van der Waals surface area (Å²) in [5.41, 5.74) is 1.54. The van der Waals surface area contributed by atoms with E-state index in [2.05, 4.69) is 6.58 Å². The van der Waals surface area contributed by atoms with Gasteiger partial charge in [-0.3, -0.25) is 0 Å². The second-order valence-electron chi connectivity index (χ2n) is 8.81. The molecule has 1 aromatic rings.